The smallest absolute Gasteiger partial charge is 0.235 e. The Morgan fingerprint density at radius 1 is 1.00 bits per heavy atom. The molecule has 22 heavy (non-hydrogen) atoms. The van der Waals surface area contributed by atoms with Crippen molar-refractivity contribution in [3.63, 3.8) is 0 Å². The van der Waals surface area contributed by atoms with E-state index >= 15 is 0 Å². The fraction of sp³-hybridized carbons (Fsp3) is 0.500. The molecule has 3 nitrogen and oxygen atoms in total. The average molecular weight is 500 g/mol. The van der Waals surface area contributed by atoms with Crippen molar-refractivity contribution in [2.75, 3.05) is 16.0 Å². The van der Waals surface area contributed by atoms with Gasteiger partial charge in [-0.2, -0.15) is 0 Å². The maximum Gasteiger partial charge on any atom is 0.235 e. The summed E-state index contributed by atoms with van der Waals surface area (Å²) in [5.74, 6) is 0.804. The fourth-order valence-corrected chi connectivity index (χ4v) is 2.01. The minimum absolute atomic E-state index is 0.000000000000000222. The number of carbonyl (C=O) groups is 2. The van der Waals surface area contributed by atoms with Crippen molar-refractivity contribution in [3.05, 3.63) is 29.3 Å². The highest BCUT2D eigenvalue weighted by Gasteiger charge is 2.15. The molecule has 0 saturated heterocycles. The largest absolute Gasteiger partial charge is 0.325 e. The van der Waals surface area contributed by atoms with Crippen molar-refractivity contribution >= 4 is 64.1 Å². The summed E-state index contributed by atoms with van der Waals surface area (Å²) in [4.78, 5) is 21.3. The second-order valence-electron chi connectivity index (χ2n) is 5.29. The number of benzene rings is 1. The number of rotatable bonds is 5. The standard InChI is InChI=1S/C14H20BrNO.C2H2Br2O/c1-9(2)11-6-5-7-12(10(3)4)14(11)16-13(17)8-15;3-1-2(4)5/h5-7,9-10H,8H2,1-4H3,(H,16,17);1H2. The third kappa shape index (κ3) is 7.88. The molecule has 1 amide bonds. The van der Waals surface area contributed by atoms with Gasteiger partial charge in [0.25, 0.3) is 0 Å². The Morgan fingerprint density at radius 2 is 1.41 bits per heavy atom. The predicted octanol–water partition coefficient (Wildman–Crippen LogP) is 5.57. The van der Waals surface area contributed by atoms with E-state index in [2.05, 4.69) is 99.0 Å². The van der Waals surface area contributed by atoms with Crippen LogP contribution in [0.5, 0.6) is 0 Å². The predicted molar refractivity (Wildman–Crippen MR) is 105 cm³/mol. The van der Waals surface area contributed by atoms with Gasteiger partial charge >= 0.3 is 0 Å². The molecular weight excluding hydrogens is 478 g/mol. The van der Waals surface area contributed by atoms with Crippen LogP contribution in [0, 0.1) is 0 Å². The van der Waals surface area contributed by atoms with Crippen LogP contribution < -0.4 is 5.32 Å². The molecule has 0 bridgehead atoms. The summed E-state index contributed by atoms with van der Waals surface area (Å²) in [6.07, 6.45) is 0. The average Bonchev–Trinajstić information content (AvgIpc) is 2.47. The normalized spacial score (nSPS) is 10.2. The van der Waals surface area contributed by atoms with E-state index in [1.165, 1.54) is 11.1 Å². The van der Waals surface area contributed by atoms with Crippen LogP contribution in [0.2, 0.25) is 0 Å². The highest BCUT2D eigenvalue weighted by atomic mass is 79.9. The zero-order valence-electron chi connectivity index (χ0n) is 13.3. The summed E-state index contributed by atoms with van der Waals surface area (Å²) in [6.45, 7) is 8.57. The first kappa shape index (κ1) is 21.8. The monoisotopic (exact) mass is 497 g/mol. The fourth-order valence-electron chi connectivity index (χ4n) is 1.87. The second-order valence-corrected chi connectivity index (χ2v) is 7.30. The summed E-state index contributed by atoms with van der Waals surface area (Å²) in [7, 11) is 0. The van der Waals surface area contributed by atoms with E-state index in [9.17, 15) is 9.59 Å². The number of carbonyl (C=O) groups excluding carboxylic acids is 2. The van der Waals surface area contributed by atoms with Crippen molar-refractivity contribution in [3.8, 4) is 0 Å². The maximum atomic E-state index is 11.6. The van der Waals surface area contributed by atoms with Crippen LogP contribution in [0.25, 0.3) is 0 Å². The van der Waals surface area contributed by atoms with E-state index in [-0.39, 0.29) is 10.6 Å². The molecule has 1 rings (SSSR count). The van der Waals surface area contributed by atoms with Gasteiger partial charge < -0.3 is 5.32 Å². The van der Waals surface area contributed by atoms with Crippen molar-refractivity contribution < 1.29 is 9.59 Å². The Morgan fingerprint density at radius 3 is 1.68 bits per heavy atom. The van der Waals surface area contributed by atoms with E-state index < -0.39 is 0 Å². The number of amides is 1. The molecule has 6 heteroatoms. The Hall–Kier alpha value is -0.200. The molecule has 0 atom stereocenters. The number of hydrogen-bond donors (Lipinski definition) is 1. The highest BCUT2D eigenvalue weighted by molar-refractivity contribution is 9.19. The molecule has 1 aromatic carbocycles. The summed E-state index contributed by atoms with van der Waals surface area (Å²) < 4.78 is -0.0162. The van der Waals surface area contributed by atoms with Gasteiger partial charge in [0.15, 0.2) is 0 Å². The summed E-state index contributed by atoms with van der Waals surface area (Å²) in [5.41, 5.74) is 3.39. The molecule has 1 aromatic rings. The Labute approximate surface area is 158 Å². The number of alkyl halides is 2. The number of halogens is 3. The van der Waals surface area contributed by atoms with Crippen molar-refractivity contribution in [1.82, 2.24) is 0 Å². The van der Waals surface area contributed by atoms with E-state index in [1.807, 2.05) is 0 Å². The lowest BCUT2D eigenvalue weighted by atomic mass is 9.92. The summed E-state index contributed by atoms with van der Waals surface area (Å²) >= 11 is 8.79. The lowest BCUT2D eigenvalue weighted by Crippen LogP contribution is -2.16. The van der Waals surface area contributed by atoms with Crippen LogP contribution in [0.1, 0.15) is 50.7 Å². The second kappa shape index (κ2) is 11.4. The first-order valence-electron chi connectivity index (χ1n) is 6.97. The molecule has 0 aliphatic heterocycles. The molecule has 124 valence electrons. The van der Waals surface area contributed by atoms with Gasteiger partial charge in [0.1, 0.15) is 0 Å². The Balaban J connectivity index is 0.000000763. The number of para-hydroxylation sites is 1. The first-order valence-corrected chi connectivity index (χ1v) is 10.0. The minimum atomic E-state index is -0.0162. The number of nitrogens with one attached hydrogen (secondary N) is 1. The van der Waals surface area contributed by atoms with Gasteiger partial charge in [-0.25, -0.2) is 0 Å². The zero-order valence-corrected chi connectivity index (χ0v) is 18.0. The van der Waals surface area contributed by atoms with Crippen LogP contribution in [0.3, 0.4) is 0 Å². The van der Waals surface area contributed by atoms with Crippen molar-refractivity contribution in [2.45, 2.75) is 39.5 Å². The molecule has 1 N–H and O–H groups in total. The Kier molecular flexibility index (Phi) is 11.3. The zero-order chi connectivity index (χ0) is 17.3. The van der Waals surface area contributed by atoms with E-state index in [0.717, 1.165) is 5.69 Å². The van der Waals surface area contributed by atoms with Gasteiger partial charge in [-0.15, -0.1) is 0 Å². The molecule has 0 saturated carbocycles. The summed E-state index contributed by atoms with van der Waals surface area (Å²) in [6, 6.07) is 6.23. The van der Waals surface area contributed by atoms with Gasteiger partial charge in [-0.3, -0.25) is 9.59 Å². The molecule has 0 aliphatic rings. The van der Waals surface area contributed by atoms with E-state index in [0.29, 0.717) is 22.5 Å². The lowest BCUT2D eigenvalue weighted by molar-refractivity contribution is -0.113. The molecule has 0 fully saturated rings. The highest BCUT2D eigenvalue weighted by Crippen LogP contribution is 2.32. The molecule has 0 unspecified atom stereocenters. The van der Waals surface area contributed by atoms with Gasteiger partial charge in [0.2, 0.25) is 10.6 Å². The topological polar surface area (TPSA) is 46.2 Å². The van der Waals surface area contributed by atoms with Gasteiger partial charge in [-0.05, 0) is 38.9 Å². The molecule has 0 spiro atoms. The van der Waals surface area contributed by atoms with Crippen molar-refractivity contribution in [2.24, 2.45) is 0 Å². The van der Waals surface area contributed by atoms with Crippen molar-refractivity contribution in [1.29, 1.82) is 0 Å². The number of anilines is 1. The minimum Gasteiger partial charge on any atom is -0.325 e. The Bertz CT molecular complexity index is 476. The van der Waals surface area contributed by atoms with Gasteiger partial charge in [0.05, 0.1) is 10.7 Å². The molecule has 0 radical (unpaired) electrons. The number of hydrogen-bond acceptors (Lipinski definition) is 2. The molecular formula is C16H22Br3NO2. The quantitative estimate of drug-likeness (QED) is 0.425. The maximum absolute atomic E-state index is 11.6. The van der Waals surface area contributed by atoms with Crippen LogP contribution in [0.15, 0.2) is 18.2 Å². The first-order chi connectivity index (χ1) is 10.2. The summed E-state index contributed by atoms with van der Waals surface area (Å²) in [5, 5.41) is 3.73. The molecule has 0 heterocycles. The molecule has 0 aliphatic carbocycles. The van der Waals surface area contributed by atoms with Gasteiger partial charge in [-0.1, -0.05) is 77.8 Å². The lowest BCUT2D eigenvalue weighted by Gasteiger charge is -2.19. The van der Waals surface area contributed by atoms with E-state index in [1.54, 1.807) is 0 Å². The van der Waals surface area contributed by atoms with E-state index in [4.69, 9.17) is 0 Å². The SMILES string of the molecule is CC(C)c1cccc(C(C)C)c1NC(=O)CBr.O=C(Br)CBr. The molecule has 0 aromatic heterocycles. The van der Waals surface area contributed by atoms with Crippen LogP contribution >= 0.6 is 47.8 Å². The van der Waals surface area contributed by atoms with Crippen LogP contribution in [0.4, 0.5) is 5.69 Å². The van der Waals surface area contributed by atoms with Crippen LogP contribution in [-0.2, 0) is 9.59 Å². The third-order valence-corrected chi connectivity index (χ3v) is 4.92. The third-order valence-electron chi connectivity index (χ3n) is 2.86. The van der Waals surface area contributed by atoms with Gasteiger partial charge in [0, 0.05) is 5.69 Å². The van der Waals surface area contributed by atoms with Crippen LogP contribution in [-0.4, -0.2) is 21.3 Å².